The van der Waals surface area contributed by atoms with Gasteiger partial charge in [0.1, 0.15) is 0 Å². The molecule has 0 fully saturated rings. The van der Waals surface area contributed by atoms with Gasteiger partial charge in [0.2, 0.25) is 0 Å². The average molecular weight is 456 g/mol. The molecule has 166 valence electrons. The van der Waals surface area contributed by atoms with E-state index in [0.29, 0.717) is 5.82 Å². The molecule has 0 spiro atoms. The number of thioether (sulfide) groups is 1. The number of fused-ring (bicyclic) bond motifs is 4. The Morgan fingerprint density at radius 1 is 1.15 bits per heavy atom. The Labute approximate surface area is 196 Å². The van der Waals surface area contributed by atoms with E-state index in [0.717, 1.165) is 57.5 Å². The van der Waals surface area contributed by atoms with Gasteiger partial charge in [0.15, 0.2) is 28.0 Å². The molecule has 4 aromatic heterocycles. The molecule has 1 aliphatic rings. The summed E-state index contributed by atoms with van der Waals surface area (Å²) in [6.07, 6.45) is 6.64. The molecule has 7 nitrogen and oxygen atoms in total. The van der Waals surface area contributed by atoms with Crippen molar-refractivity contribution in [3.8, 4) is 11.4 Å². The molecule has 0 saturated heterocycles. The van der Waals surface area contributed by atoms with Gasteiger partial charge in [0.05, 0.1) is 5.54 Å². The smallest absolute Gasteiger partial charge is 0.171 e. The van der Waals surface area contributed by atoms with E-state index in [1.54, 1.807) is 11.8 Å². The highest BCUT2D eigenvalue weighted by molar-refractivity contribution is 7.99. The Morgan fingerprint density at radius 2 is 2.03 bits per heavy atom. The van der Waals surface area contributed by atoms with Crippen molar-refractivity contribution >= 4 is 39.6 Å². The summed E-state index contributed by atoms with van der Waals surface area (Å²) in [5.41, 5.74) is 6.10. The number of aromatic amines is 1. The molecule has 0 radical (unpaired) electrons. The van der Waals surface area contributed by atoms with Gasteiger partial charge in [-0.3, -0.25) is 9.55 Å². The first kappa shape index (κ1) is 20.2. The molecule has 33 heavy (non-hydrogen) atoms. The second kappa shape index (κ2) is 7.59. The van der Waals surface area contributed by atoms with Crippen molar-refractivity contribution in [2.75, 3.05) is 17.6 Å². The van der Waals surface area contributed by atoms with Gasteiger partial charge in [0.25, 0.3) is 0 Å². The lowest BCUT2D eigenvalue weighted by atomic mass is 10.1. The maximum absolute atomic E-state index is 4.96. The van der Waals surface area contributed by atoms with E-state index >= 15 is 0 Å². The molecule has 0 atom stereocenters. The summed E-state index contributed by atoms with van der Waals surface area (Å²) in [6, 6.07) is 10.5. The molecule has 6 rings (SSSR count). The number of pyridine rings is 1. The van der Waals surface area contributed by atoms with Crippen LogP contribution < -0.4 is 5.32 Å². The summed E-state index contributed by atoms with van der Waals surface area (Å²) in [6.45, 7) is 7.25. The molecule has 5 heterocycles. The Hall–Kier alpha value is -3.39. The van der Waals surface area contributed by atoms with Gasteiger partial charge in [-0.25, -0.2) is 15.0 Å². The molecule has 0 unspecified atom stereocenters. The number of anilines is 1. The number of para-hydroxylation sites is 1. The summed E-state index contributed by atoms with van der Waals surface area (Å²) in [7, 11) is 0. The number of hydrogen-bond acceptors (Lipinski definition) is 6. The molecule has 0 saturated carbocycles. The molecular weight excluding hydrogens is 430 g/mol. The van der Waals surface area contributed by atoms with Gasteiger partial charge in [-0.2, -0.15) is 0 Å². The Morgan fingerprint density at radius 3 is 2.91 bits per heavy atom. The van der Waals surface area contributed by atoms with E-state index in [4.69, 9.17) is 15.0 Å². The van der Waals surface area contributed by atoms with Crippen molar-refractivity contribution < 1.29 is 0 Å². The number of hydrogen-bond donors (Lipinski definition) is 2. The number of H-pyrrole nitrogens is 1. The van der Waals surface area contributed by atoms with Crippen LogP contribution in [0.4, 0.5) is 5.82 Å². The van der Waals surface area contributed by atoms with Gasteiger partial charge < -0.3 is 10.3 Å². The van der Waals surface area contributed by atoms with Gasteiger partial charge in [-0.15, -0.1) is 0 Å². The lowest BCUT2D eigenvalue weighted by Crippen LogP contribution is -2.24. The molecule has 1 aromatic carbocycles. The van der Waals surface area contributed by atoms with Crippen LogP contribution in [0.3, 0.4) is 0 Å². The van der Waals surface area contributed by atoms with E-state index in [1.807, 2.05) is 19.3 Å². The molecule has 0 aliphatic carbocycles. The summed E-state index contributed by atoms with van der Waals surface area (Å²) in [5, 5.41) is 5.83. The predicted molar refractivity (Wildman–Crippen MR) is 134 cm³/mol. The molecule has 1 aliphatic heterocycles. The SMILES string of the molecule is Cc1cncc(-c2nc(NCCc3c[nH]c4ccccc34)c3nc4n(c3n2)C(C)(C)CS4)c1. The van der Waals surface area contributed by atoms with Gasteiger partial charge in [-0.1, -0.05) is 30.0 Å². The van der Waals surface area contributed by atoms with Crippen molar-refractivity contribution in [2.45, 2.75) is 37.9 Å². The van der Waals surface area contributed by atoms with Crippen LogP contribution in [0.15, 0.2) is 54.1 Å². The normalized spacial score (nSPS) is 14.8. The number of benzene rings is 1. The third-order valence-corrected chi connectivity index (χ3v) is 7.51. The Bertz CT molecular complexity index is 1500. The zero-order valence-electron chi connectivity index (χ0n) is 18.9. The van der Waals surface area contributed by atoms with Crippen LogP contribution in [0.1, 0.15) is 25.0 Å². The first-order valence-corrected chi connectivity index (χ1v) is 12.1. The van der Waals surface area contributed by atoms with Crippen molar-refractivity contribution in [3.63, 3.8) is 0 Å². The van der Waals surface area contributed by atoms with Gasteiger partial charge >= 0.3 is 0 Å². The van der Waals surface area contributed by atoms with E-state index in [1.165, 1.54) is 10.9 Å². The first-order valence-electron chi connectivity index (χ1n) is 11.1. The molecule has 2 N–H and O–H groups in total. The van der Waals surface area contributed by atoms with Crippen molar-refractivity contribution in [2.24, 2.45) is 0 Å². The summed E-state index contributed by atoms with van der Waals surface area (Å²) >= 11 is 1.78. The third kappa shape index (κ3) is 3.45. The second-order valence-electron chi connectivity index (χ2n) is 9.19. The predicted octanol–water partition coefficient (Wildman–Crippen LogP) is 5.17. The number of aryl methyl sites for hydroxylation is 1. The van der Waals surface area contributed by atoms with Crippen LogP contribution in [0, 0.1) is 6.92 Å². The highest BCUT2D eigenvalue weighted by Gasteiger charge is 2.35. The standard InChI is InChI=1S/C25H25N7S/c1-15-10-17(12-26-11-15)21-30-22(20-23(31-21)32-24(29-20)33-14-25(32,2)3)27-9-8-16-13-28-19-7-5-4-6-18(16)19/h4-7,10-13,28H,8-9,14H2,1-3H3,(H,27,30,31). The number of imidazole rings is 1. The maximum atomic E-state index is 4.96. The van der Waals surface area contributed by atoms with Crippen LogP contribution in [-0.4, -0.2) is 41.8 Å². The van der Waals surface area contributed by atoms with E-state index < -0.39 is 0 Å². The number of rotatable bonds is 5. The van der Waals surface area contributed by atoms with Crippen LogP contribution in [-0.2, 0) is 12.0 Å². The largest absolute Gasteiger partial charge is 0.368 e. The minimum Gasteiger partial charge on any atom is -0.368 e. The maximum Gasteiger partial charge on any atom is 0.171 e. The van der Waals surface area contributed by atoms with E-state index in [-0.39, 0.29) is 5.54 Å². The van der Waals surface area contributed by atoms with Crippen LogP contribution >= 0.6 is 11.8 Å². The zero-order valence-corrected chi connectivity index (χ0v) is 19.7. The van der Waals surface area contributed by atoms with Gasteiger partial charge in [-0.05, 0) is 50.5 Å². The summed E-state index contributed by atoms with van der Waals surface area (Å²) < 4.78 is 2.26. The Balaban J connectivity index is 1.39. The van der Waals surface area contributed by atoms with Crippen LogP contribution in [0.25, 0.3) is 33.5 Å². The van der Waals surface area contributed by atoms with Crippen LogP contribution in [0.5, 0.6) is 0 Å². The molecule has 5 aromatic rings. The molecule has 0 amide bonds. The number of nitrogens with zero attached hydrogens (tertiary/aromatic N) is 5. The van der Waals surface area contributed by atoms with Gasteiger partial charge in [0, 0.05) is 47.4 Å². The number of nitrogens with one attached hydrogen (secondary N) is 2. The molecule has 0 bridgehead atoms. The number of aromatic nitrogens is 6. The molecule has 8 heteroatoms. The topological polar surface area (TPSA) is 84.3 Å². The average Bonchev–Trinajstić information content (AvgIpc) is 3.47. The monoisotopic (exact) mass is 455 g/mol. The van der Waals surface area contributed by atoms with Crippen molar-refractivity contribution in [3.05, 3.63) is 60.0 Å². The van der Waals surface area contributed by atoms with Crippen molar-refractivity contribution in [1.82, 2.24) is 29.5 Å². The highest BCUT2D eigenvalue weighted by atomic mass is 32.2. The zero-order chi connectivity index (χ0) is 22.6. The van der Waals surface area contributed by atoms with Crippen molar-refractivity contribution in [1.29, 1.82) is 0 Å². The summed E-state index contributed by atoms with van der Waals surface area (Å²) in [5.74, 6) is 2.43. The third-order valence-electron chi connectivity index (χ3n) is 6.13. The minimum atomic E-state index is -0.0491. The van der Waals surface area contributed by atoms with E-state index in [2.05, 4.69) is 70.2 Å². The minimum absolute atomic E-state index is 0.0491. The fraction of sp³-hybridized carbons (Fsp3) is 0.280. The van der Waals surface area contributed by atoms with E-state index in [9.17, 15) is 0 Å². The summed E-state index contributed by atoms with van der Waals surface area (Å²) in [4.78, 5) is 22.5. The lowest BCUT2D eigenvalue weighted by Gasteiger charge is -2.20. The lowest BCUT2D eigenvalue weighted by molar-refractivity contribution is 0.404. The molecular formula is C25H25N7S. The Kier molecular flexibility index (Phi) is 4.65. The fourth-order valence-electron chi connectivity index (χ4n) is 4.47. The first-order chi connectivity index (χ1) is 16.0. The second-order valence-corrected chi connectivity index (χ2v) is 10.1. The quantitative estimate of drug-likeness (QED) is 0.380. The van der Waals surface area contributed by atoms with Crippen LogP contribution in [0.2, 0.25) is 0 Å². The highest BCUT2D eigenvalue weighted by Crippen LogP contribution is 2.41. The fourth-order valence-corrected chi connectivity index (χ4v) is 5.70.